The summed E-state index contributed by atoms with van der Waals surface area (Å²) in [6.45, 7) is 7.24. The Bertz CT molecular complexity index is 913. The van der Waals surface area contributed by atoms with Crippen LogP contribution in [-0.4, -0.2) is 23.3 Å². The van der Waals surface area contributed by atoms with E-state index in [-0.39, 0.29) is 11.1 Å². The Morgan fingerprint density at radius 1 is 1.10 bits per heavy atom. The fraction of sp³-hybridized carbons (Fsp3) is 0.565. The zero-order valence-corrected chi connectivity index (χ0v) is 17.9. The largest absolute Gasteiger partial charge is 0.359 e. The van der Waals surface area contributed by atoms with Crippen molar-refractivity contribution in [3.63, 3.8) is 0 Å². The quantitative estimate of drug-likeness (QED) is 0.464. The Labute approximate surface area is 176 Å². The van der Waals surface area contributed by atoms with Gasteiger partial charge >= 0.3 is 11.8 Å². The van der Waals surface area contributed by atoms with Crippen molar-refractivity contribution in [3.05, 3.63) is 30.0 Å². The van der Waals surface area contributed by atoms with Crippen LogP contribution in [0.4, 0.5) is 14.5 Å². The fourth-order valence-electron chi connectivity index (χ4n) is 4.93. The Hall–Kier alpha value is -2.44. The predicted octanol–water partition coefficient (Wildman–Crippen LogP) is 5.13. The van der Waals surface area contributed by atoms with Crippen LogP contribution in [0.15, 0.2) is 18.3 Å². The van der Waals surface area contributed by atoms with Gasteiger partial charge in [0.05, 0.1) is 11.2 Å². The number of carbonyl (C=O) groups excluding carboxylic acids is 2. The van der Waals surface area contributed by atoms with Crippen molar-refractivity contribution in [2.24, 2.45) is 17.3 Å². The molecule has 3 N–H and O–H groups in total. The lowest BCUT2D eigenvalue weighted by molar-refractivity contribution is -0.136. The number of hydrogen-bond donors (Lipinski definition) is 3. The molecule has 1 saturated carbocycles. The lowest BCUT2D eigenvalue weighted by Crippen LogP contribution is -2.38. The van der Waals surface area contributed by atoms with Gasteiger partial charge in [-0.05, 0) is 42.6 Å². The third-order valence-corrected chi connectivity index (χ3v) is 6.58. The lowest BCUT2D eigenvalue weighted by atomic mass is 9.71. The zero-order chi connectivity index (χ0) is 21.9. The van der Waals surface area contributed by atoms with E-state index in [9.17, 15) is 18.4 Å². The second-order valence-corrected chi connectivity index (χ2v) is 9.02. The van der Waals surface area contributed by atoms with Crippen molar-refractivity contribution in [1.29, 1.82) is 0 Å². The first-order valence-electron chi connectivity index (χ1n) is 10.8. The van der Waals surface area contributed by atoms with Gasteiger partial charge in [-0.3, -0.25) is 9.59 Å². The minimum atomic E-state index is -1.02. The molecule has 1 aliphatic rings. The number of aromatic amines is 1. The molecule has 5 nitrogen and oxygen atoms in total. The van der Waals surface area contributed by atoms with Crippen molar-refractivity contribution in [1.82, 2.24) is 10.3 Å². The number of carbonyl (C=O) groups is 2. The molecule has 2 aromatic rings. The van der Waals surface area contributed by atoms with Crippen molar-refractivity contribution in [2.45, 2.75) is 59.3 Å². The molecule has 30 heavy (non-hydrogen) atoms. The van der Waals surface area contributed by atoms with E-state index in [1.54, 1.807) is 0 Å². The molecule has 164 valence electrons. The fourth-order valence-corrected chi connectivity index (χ4v) is 4.93. The van der Waals surface area contributed by atoms with Gasteiger partial charge in [0, 0.05) is 24.2 Å². The molecular formula is C23H31F2N3O2. The maximum absolute atomic E-state index is 13.5. The SMILES string of the molecule is CCC1(CCNC(=O)C(=O)Nc2c[nH]c3cc(F)c(F)cc23)C[C@H](C)CC[C@H](C)C1. The molecule has 0 bridgehead atoms. The van der Waals surface area contributed by atoms with Crippen LogP contribution in [0.25, 0.3) is 10.9 Å². The molecule has 1 unspecified atom stereocenters. The number of rotatable bonds is 5. The zero-order valence-electron chi connectivity index (χ0n) is 17.9. The monoisotopic (exact) mass is 419 g/mol. The van der Waals surface area contributed by atoms with Crippen LogP contribution in [0.3, 0.4) is 0 Å². The third kappa shape index (κ3) is 4.99. The van der Waals surface area contributed by atoms with Crippen LogP contribution in [0.2, 0.25) is 0 Å². The smallest absolute Gasteiger partial charge is 0.313 e. The number of nitrogens with one attached hydrogen (secondary N) is 3. The molecular weight excluding hydrogens is 388 g/mol. The molecule has 1 heterocycles. The summed E-state index contributed by atoms with van der Waals surface area (Å²) in [4.78, 5) is 27.3. The second-order valence-electron chi connectivity index (χ2n) is 9.02. The van der Waals surface area contributed by atoms with E-state index in [1.807, 2.05) is 0 Å². The summed E-state index contributed by atoms with van der Waals surface area (Å²) in [7, 11) is 0. The molecule has 1 aliphatic carbocycles. The van der Waals surface area contributed by atoms with Gasteiger partial charge < -0.3 is 15.6 Å². The summed E-state index contributed by atoms with van der Waals surface area (Å²) < 4.78 is 26.8. The van der Waals surface area contributed by atoms with Crippen LogP contribution in [0.1, 0.15) is 59.3 Å². The Balaban J connectivity index is 1.58. The second kappa shape index (κ2) is 9.14. The average molecular weight is 420 g/mol. The van der Waals surface area contributed by atoms with Gasteiger partial charge in [-0.25, -0.2) is 8.78 Å². The minimum Gasteiger partial charge on any atom is -0.359 e. The van der Waals surface area contributed by atoms with Crippen molar-refractivity contribution >= 4 is 28.4 Å². The summed E-state index contributed by atoms with van der Waals surface area (Å²) in [6, 6.07) is 2.01. The van der Waals surface area contributed by atoms with Gasteiger partial charge in [0.25, 0.3) is 0 Å². The van der Waals surface area contributed by atoms with Crippen molar-refractivity contribution in [2.75, 3.05) is 11.9 Å². The molecule has 0 saturated heterocycles. The number of hydrogen-bond acceptors (Lipinski definition) is 2. The van der Waals surface area contributed by atoms with Crippen LogP contribution in [0.5, 0.6) is 0 Å². The van der Waals surface area contributed by atoms with Crippen LogP contribution in [0, 0.1) is 28.9 Å². The van der Waals surface area contributed by atoms with Crippen LogP contribution >= 0.6 is 0 Å². The van der Waals surface area contributed by atoms with Gasteiger partial charge in [0.15, 0.2) is 11.6 Å². The molecule has 1 fully saturated rings. The van der Waals surface area contributed by atoms with E-state index >= 15 is 0 Å². The van der Waals surface area contributed by atoms with E-state index in [4.69, 9.17) is 0 Å². The highest BCUT2D eigenvalue weighted by Gasteiger charge is 2.34. The lowest BCUT2D eigenvalue weighted by Gasteiger charge is -2.35. The molecule has 0 spiro atoms. The first-order valence-corrected chi connectivity index (χ1v) is 10.8. The number of anilines is 1. The highest BCUT2D eigenvalue weighted by molar-refractivity contribution is 6.40. The number of amides is 2. The summed E-state index contributed by atoms with van der Waals surface area (Å²) in [6.07, 6.45) is 8.09. The van der Waals surface area contributed by atoms with Crippen LogP contribution < -0.4 is 10.6 Å². The van der Waals surface area contributed by atoms with E-state index in [2.05, 4.69) is 36.4 Å². The maximum Gasteiger partial charge on any atom is 0.313 e. The minimum absolute atomic E-state index is 0.192. The summed E-state index contributed by atoms with van der Waals surface area (Å²) in [5.41, 5.74) is 0.768. The Morgan fingerprint density at radius 3 is 2.37 bits per heavy atom. The molecule has 0 radical (unpaired) electrons. The molecule has 3 rings (SSSR count). The molecule has 3 atom stereocenters. The first-order chi connectivity index (χ1) is 14.2. The van der Waals surface area contributed by atoms with Gasteiger partial charge in [-0.1, -0.05) is 40.0 Å². The molecule has 1 aromatic carbocycles. The first kappa shape index (κ1) is 22.2. The van der Waals surface area contributed by atoms with Gasteiger partial charge in [0.2, 0.25) is 0 Å². The topological polar surface area (TPSA) is 74.0 Å². The third-order valence-electron chi connectivity index (χ3n) is 6.58. The molecule has 1 aromatic heterocycles. The van der Waals surface area contributed by atoms with E-state index in [1.165, 1.54) is 19.0 Å². The highest BCUT2D eigenvalue weighted by atomic mass is 19.2. The summed E-state index contributed by atoms with van der Waals surface area (Å²) in [5.74, 6) is -2.21. The van der Waals surface area contributed by atoms with E-state index in [0.29, 0.717) is 29.3 Å². The van der Waals surface area contributed by atoms with E-state index < -0.39 is 23.4 Å². The maximum atomic E-state index is 13.5. The van der Waals surface area contributed by atoms with Crippen molar-refractivity contribution < 1.29 is 18.4 Å². The molecule has 2 amide bonds. The standard InChI is InChI=1S/C23H31F2N3O2/c1-4-23(11-14(2)5-6-15(3)12-23)7-8-26-21(29)22(30)28-20-13-27-19-10-18(25)17(24)9-16(19)20/h9-10,13-15,27H,4-8,11-12H2,1-3H3,(H,26,29)(H,28,30)/t14-,15+,23?. The van der Waals surface area contributed by atoms with Gasteiger partial charge in [-0.15, -0.1) is 0 Å². The van der Waals surface area contributed by atoms with E-state index in [0.717, 1.165) is 37.8 Å². The predicted molar refractivity (Wildman–Crippen MR) is 114 cm³/mol. The summed E-state index contributed by atoms with van der Waals surface area (Å²) in [5, 5.41) is 5.51. The highest BCUT2D eigenvalue weighted by Crippen LogP contribution is 2.44. The number of halogens is 2. The average Bonchev–Trinajstić information content (AvgIpc) is 3.00. The van der Waals surface area contributed by atoms with Crippen molar-refractivity contribution in [3.8, 4) is 0 Å². The van der Waals surface area contributed by atoms with Gasteiger partial charge in [-0.2, -0.15) is 0 Å². The molecule has 0 aliphatic heterocycles. The Morgan fingerprint density at radius 2 is 1.73 bits per heavy atom. The van der Waals surface area contributed by atoms with Crippen LogP contribution in [-0.2, 0) is 9.59 Å². The number of fused-ring (bicyclic) bond motifs is 1. The molecule has 7 heteroatoms. The number of aromatic nitrogens is 1. The number of H-pyrrole nitrogens is 1. The summed E-state index contributed by atoms with van der Waals surface area (Å²) >= 11 is 0. The normalized spacial score (nSPS) is 24.4. The van der Waals surface area contributed by atoms with Gasteiger partial charge in [0.1, 0.15) is 0 Å². The number of benzene rings is 1. The Kier molecular flexibility index (Phi) is 6.78.